The maximum absolute atomic E-state index is 12.5. The van der Waals surface area contributed by atoms with E-state index in [9.17, 15) is 8.42 Å². The third-order valence-electron chi connectivity index (χ3n) is 3.68. The second-order valence-corrected chi connectivity index (χ2v) is 9.96. The quantitative estimate of drug-likeness (QED) is 0.486. The summed E-state index contributed by atoms with van der Waals surface area (Å²) in [5.41, 5.74) is 3.04. The number of aromatic nitrogens is 2. The fourth-order valence-electron chi connectivity index (χ4n) is 2.55. The maximum atomic E-state index is 12.5. The Morgan fingerprint density at radius 1 is 1.04 bits per heavy atom. The Hall–Kier alpha value is -1.54. The van der Waals surface area contributed by atoms with E-state index in [2.05, 4.69) is 16.3 Å². The smallest absolute Gasteiger partial charge is 0.276 e. The zero-order valence-corrected chi connectivity index (χ0v) is 17.7. The van der Waals surface area contributed by atoms with Crippen molar-refractivity contribution in [1.29, 1.82) is 0 Å². The third-order valence-corrected chi connectivity index (χ3v) is 7.19. The summed E-state index contributed by atoms with van der Waals surface area (Å²) in [7, 11) is -3.57. The molecule has 1 aromatic heterocycles. The Morgan fingerprint density at radius 2 is 1.74 bits per heavy atom. The lowest BCUT2D eigenvalue weighted by atomic mass is 10.1. The average molecular weight is 443 g/mol. The molecule has 0 aliphatic rings. The molecule has 0 saturated carbocycles. The molecule has 1 heterocycles. The number of thioether (sulfide) groups is 1. The number of nitrogens with zero attached hydrogens (tertiary/aromatic N) is 2. The molecule has 3 aromatic rings. The Morgan fingerprint density at radius 3 is 2.44 bits per heavy atom. The monoisotopic (exact) mass is 442 g/mol. The van der Waals surface area contributed by atoms with Crippen LogP contribution in [0.4, 0.5) is 0 Å². The first-order chi connectivity index (χ1) is 12.7. The van der Waals surface area contributed by atoms with Crippen LogP contribution < -0.4 is 0 Å². The van der Waals surface area contributed by atoms with E-state index in [0.717, 1.165) is 16.7 Å². The first-order valence-corrected chi connectivity index (χ1v) is 11.4. The van der Waals surface area contributed by atoms with Gasteiger partial charge in [0.2, 0.25) is 5.89 Å². The first-order valence-electron chi connectivity index (χ1n) is 7.97. The van der Waals surface area contributed by atoms with E-state index < -0.39 is 9.84 Å². The van der Waals surface area contributed by atoms with Crippen molar-refractivity contribution in [3.63, 3.8) is 0 Å². The number of rotatable bonds is 6. The molecule has 0 aliphatic heterocycles. The molecule has 0 radical (unpaired) electrons. The van der Waals surface area contributed by atoms with E-state index in [-0.39, 0.29) is 21.4 Å². The van der Waals surface area contributed by atoms with Gasteiger partial charge >= 0.3 is 0 Å². The van der Waals surface area contributed by atoms with Gasteiger partial charge in [0.05, 0.1) is 15.7 Å². The Labute approximate surface area is 172 Å². The van der Waals surface area contributed by atoms with Gasteiger partial charge in [0.1, 0.15) is 0 Å². The molecular weight excluding hydrogens is 427 g/mol. The summed E-state index contributed by atoms with van der Waals surface area (Å²) >= 11 is 13.0. The fraction of sp³-hybridized carbons (Fsp3) is 0.222. The van der Waals surface area contributed by atoms with Crippen molar-refractivity contribution in [2.75, 3.05) is 11.5 Å². The van der Waals surface area contributed by atoms with Crippen LogP contribution in [0, 0.1) is 13.8 Å². The zero-order chi connectivity index (χ0) is 19.6. The normalized spacial score (nSPS) is 11.7. The molecule has 3 rings (SSSR count). The van der Waals surface area contributed by atoms with Gasteiger partial charge in [-0.15, -0.1) is 10.2 Å². The maximum Gasteiger partial charge on any atom is 0.276 e. The standard InChI is InChI=1S/C18H16Cl2N2O3S2/c1-11-7-12(2)9-13(8-11)17-21-22-18(25-17)26-5-6-27(23,24)16-10-14(19)3-4-15(16)20/h3-4,7-10H,5-6H2,1-2H3. The van der Waals surface area contributed by atoms with E-state index in [1.165, 1.54) is 23.9 Å². The molecule has 2 aromatic carbocycles. The molecule has 0 spiro atoms. The number of hydrogen-bond donors (Lipinski definition) is 0. The fourth-order valence-corrected chi connectivity index (χ4v) is 5.77. The number of benzene rings is 2. The Bertz CT molecular complexity index is 1060. The van der Waals surface area contributed by atoms with E-state index >= 15 is 0 Å². The summed E-state index contributed by atoms with van der Waals surface area (Å²) in [5, 5.41) is 8.81. The average Bonchev–Trinajstić information content (AvgIpc) is 3.05. The van der Waals surface area contributed by atoms with Gasteiger partial charge in [0, 0.05) is 16.3 Å². The molecule has 0 bridgehead atoms. The highest BCUT2D eigenvalue weighted by Gasteiger charge is 2.19. The summed E-state index contributed by atoms with van der Waals surface area (Å²) < 4.78 is 30.6. The summed E-state index contributed by atoms with van der Waals surface area (Å²) in [6, 6.07) is 10.3. The van der Waals surface area contributed by atoms with Gasteiger partial charge in [0.15, 0.2) is 9.84 Å². The lowest BCUT2D eigenvalue weighted by Crippen LogP contribution is -2.09. The van der Waals surface area contributed by atoms with Crippen LogP contribution in [-0.2, 0) is 9.84 Å². The minimum atomic E-state index is -3.57. The van der Waals surface area contributed by atoms with Gasteiger partial charge in [-0.3, -0.25) is 0 Å². The SMILES string of the molecule is Cc1cc(C)cc(-c2nnc(SCCS(=O)(=O)c3cc(Cl)ccc3Cl)o2)c1. The summed E-state index contributed by atoms with van der Waals surface area (Å²) in [6.45, 7) is 3.99. The second-order valence-electron chi connectivity index (χ2n) is 5.99. The van der Waals surface area contributed by atoms with Crippen LogP contribution >= 0.6 is 35.0 Å². The highest BCUT2D eigenvalue weighted by atomic mass is 35.5. The molecule has 9 heteroatoms. The molecule has 142 valence electrons. The van der Waals surface area contributed by atoms with Crippen LogP contribution in [-0.4, -0.2) is 30.1 Å². The van der Waals surface area contributed by atoms with Crippen molar-refractivity contribution in [2.24, 2.45) is 0 Å². The van der Waals surface area contributed by atoms with Crippen LogP contribution in [0.3, 0.4) is 0 Å². The van der Waals surface area contributed by atoms with E-state index in [1.807, 2.05) is 26.0 Å². The molecule has 0 saturated heterocycles. The minimum absolute atomic E-state index is 0.0266. The number of aryl methyl sites for hydroxylation is 2. The van der Waals surface area contributed by atoms with E-state index in [4.69, 9.17) is 27.6 Å². The predicted octanol–water partition coefficient (Wildman–Crippen LogP) is 5.23. The number of sulfone groups is 1. The van der Waals surface area contributed by atoms with Crippen LogP contribution in [0.1, 0.15) is 11.1 Å². The molecule has 0 atom stereocenters. The molecule has 0 N–H and O–H groups in total. The molecule has 0 fully saturated rings. The largest absolute Gasteiger partial charge is 0.411 e. The molecular formula is C18H16Cl2N2O3S2. The molecule has 0 aliphatic carbocycles. The second kappa shape index (κ2) is 8.22. The van der Waals surface area contributed by atoms with E-state index in [1.54, 1.807) is 6.07 Å². The van der Waals surface area contributed by atoms with Crippen molar-refractivity contribution in [1.82, 2.24) is 10.2 Å². The van der Waals surface area contributed by atoms with Gasteiger partial charge in [-0.25, -0.2) is 8.42 Å². The molecule has 0 amide bonds. The number of hydrogen-bond acceptors (Lipinski definition) is 6. The lowest BCUT2D eigenvalue weighted by molar-refractivity contribution is 0.466. The first kappa shape index (κ1) is 20.2. The summed E-state index contributed by atoms with van der Waals surface area (Å²) in [4.78, 5) is 0.0266. The van der Waals surface area contributed by atoms with Crippen LogP contribution in [0.25, 0.3) is 11.5 Å². The number of halogens is 2. The van der Waals surface area contributed by atoms with E-state index in [0.29, 0.717) is 16.1 Å². The zero-order valence-electron chi connectivity index (χ0n) is 14.6. The van der Waals surface area contributed by atoms with Gasteiger partial charge < -0.3 is 4.42 Å². The predicted molar refractivity (Wildman–Crippen MR) is 108 cm³/mol. The molecule has 0 unspecified atom stereocenters. The summed E-state index contributed by atoms with van der Waals surface area (Å²) in [6.07, 6.45) is 0. The van der Waals surface area contributed by atoms with Gasteiger partial charge in [-0.1, -0.05) is 52.2 Å². The minimum Gasteiger partial charge on any atom is -0.411 e. The van der Waals surface area contributed by atoms with Crippen molar-refractivity contribution in [3.8, 4) is 11.5 Å². The third kappa shape index (κ3) is 5.04. The van der Waals surface area contributed by atoms with Crippen molar-refractivity contribution < 1.29 is 12.8 Å². The molecule has 27 heavy (non-hydrogen) atoms. The highest BCUT2D eigenvalue weighted by molar-refractivity contribution is 8.00. The van der Waals surface area contributed by atoms with Crippen LogP contribution in [0.5, 0.6) is 0 Å². The van der Waals surface area contributed by atoms with Crippen molar-refractivity contribution in [2.45, 2.75) is 24.0 Å². The van der Waals surface area contributed by atoms with Crippen LogP contribution in [0.15, 0.2) is 50.9 Å². The van der Waals surface area contributed by atoms with Gasteiger partial charge in [0.25, 0.3) is 5.22 Å². The summed E-state index contributed by atoms with van der Waals surface area (Å²) in [5.74, 6) is 0.531. The van der Waals surface area contributed by atoms with Crippen molar-refractivity contribution in [3.05, 3.63) is 57.6 Å². The Kier molecular flexibility index (Phi) is 6.15. The van der Waals surface area contributed by atoms with Gasteiger partial charge in [-0.2, -0.15) is 0 Å². The topological polar surface area (TPSA) is 73.1 Å². The molecule has 5 nitrogen and oxygen atoms in total. The van der Waals surface area contributed by atoms with Gasteiger partial charge in [-0.05, 0) is 44.2 Å². The lowest BCUT2D eigenvalue weighted by Gasteiger charge is -2.06. The Balaban J connectivity index is 1.67. The van der Waals surface area contributed by atoms with Crippen molar-refractivity contribution >= 4 is 44.8 Å². The highest BCUT2D eigenvalue weighted by Crippen LogP contribution is 2.28. The van der Waals surface area contributed by atoms with Crippen LogP contribution in [0.2, 0.25) is 10.0 Å².